The molecule has 1 aromatic heterocycles. The van der Waals surface area contributed by atoms with Gasteiger partial charge in [0.2, 0.25) is 5.79 Å². The summed E-state index contributed by atoms with van der Waals surface area (Å²) in [7, 11) is 3.28. The summed E-state index contributed by atoms with van der Waals surface area (Å²) in [5.41, 5.74) is 0. The Morgan fingerprint density at radius 1 is 1.36 bits per heavy atom. The summed E-state index contributed by atoms with van der Waals surface area (Å²) in [6.45, 7) is 1.90. The SMILES string of the molecule is COC(C)(OC)c1cccs1. The van der Waals surface area contributed by atoms with E-state index in [1.807, 2.05) is 24.4 Å². The molecule has 2 nitrogen and oxygen atoms in total. The van der Waals surface area contributed by atoms with Gasteiger partial charge in [-0.25, -0.2) is 0 Å². The molecule has 0 aliphatic carbocycles. The highest BCUT2D eigenvalue weighted by Gasteiger charge is 2.26. The van der Waals surface area contributed by atoms with Crippen LogP contribution in [0.15, 0.2) is 17.5 Å². The van der Waals surface area contributed by atoms with E-state index in [9.17, 15) is 0 Å². The number of methoxy groups -OCH3 is 2. The first-order valence-corrected chi connectivity index (χ1v) is 4.25. The third-order valence-corrected chi connectivity index (χ3v) is 2.80. The molecule has 0 aliphatic rings. The van der Waals surface area contributed by atoms with Crippen LogP contribution in [0.2, 0.25) is 0 Å². The van der Waals surface area contributed by atoms with E-state index >= 15 is 0 Å². The Balaban J connectivity index is 2.87. The Hall–Kier alpha value is -0.380. The summed E-state index contributed by atoms with van der Waals surface area (Å²) in [5, 5.41) is 2.01. The Morgan fingerprint density at radius 3 is 2.36 bits per heavy atom. The van der Waals surface area contributed by atoms with Crippen molar-refractivity contribution in [2.24, 2.45) is 0 Å². The summed E-state index contributed by atoms with van der Waals surface area (Å²) in [6.07, 6.45) is 0. The van der Waals surface area contributed by atoms with Crippen LogP contribution in [0.5, 0.6) is 0 Å². The van der Waals surface area contributed by atoms with Gasteiger partial charge < -0.3 is 9.47 Å². The fourth-order valence-corrected chi connectivity index (χ4v) is 1.66. The Morgan fingerprint density at radius 2 is 2.00 bits per heavy atom. The summed E-state index contributed by atoms with van der Waals surface area (Å²) in [6, 6.07) is 3.98. The van der Waals surface area contributed by atoms with Crippen molar-refractivity contribution >= 4 is 11.3 Å². The minimum absolute atomic E-state index is 0.575. The number of hydrogen-bond acceptors (Lipinski definition) is 3. The van der Waals surface area contributed by atoms with Gasteiger partial charge in [0.1, 0.15) is 0 Å². The van der Waals surface area contributed by atoms with E-state index in [0.29, 0.717) is 0 Å². The molecule has 0 saturated heterocycles. The molecule has 0 aliphatic heterocycles. The number of rotatable bonds is 3. The first kappa shape index (κ1) is 8.71. The zero-order valence-electron chi connectivity index (χ0n) is 6.96. The highest BCUT2D eigenvalue weighted by molar-refractivity contribution is 7.10. The molecule has 0 unspecified atom stereocenters. The molecule has 0 N–H and O–H groups in total. The van der Waals surface area contributed by atoms with Crippen molar-refractivity contribution in [2.75, 3.05) is 14.2 Å². The highest BCUT2D eigenvalue weighted by atomic mass is 32.1. The lowest BCUT2D eigenvalue weighted by atomic mass is 10.2. The number of ether oxygens (including phenoxy) is 2. The minimum atomic E-state index is -0.575. The van der Waals surface area contributed by atoms with Crippen molar-refractivity contribution in [3.63, 3.8) is 0 Å². The third kappa shape index (κ3) is 1.61. The van der Waals surface area contributed by atoms with E-state index < -0.39 is 5.79 Å². The van der Waals surface area contributed by atoms with Crippen LogP contribution in [0.4, 0.5) is 0 Å². The maximum Gasteiger partial charge on any atom is 0.200 e. The molecule has 1 aromatic rings. The number of thiophene rings is 1. The van der Waals surface area contributed by atoms with Crippen LogP contribution in [-0.4, -0.2) is 14.2 Å². The molecule has 1 heterocycles. The molecule has 0 fully saturated rings. The van der Waals surface area contributed by atoms with E-state index in [1.54, 1.807) is 25.6 Å². The van der Waals surface area contributed by atoms with E-state index in [-0.39, 0.29) is 0 Å². The molecule has 1 rings (SSSR count). The van der Waals surface area contributed by atoms with Gasteiger partial charge in [0.25, 0.3) is 0 Å². The molecule has 0 spiro atoms. The molecular formula is C8H12O2S. The zero-order chi connectivity index (χ0) is 8.32. The quantitative estimate of drug-likeness (QED) is 0.651. The standard InChI is InChI=1S/C8H12O2S/c1-8(9-2,10-3)7-5-4-6-11-7/h4-6H,1-3H3. The monoisotopic (exact) mass is 172 g/mol. The van der Waals surface area contributed by atoms with Crippen molar-refractivity contribution in [3.05, 3.63) is 22.4 Å². The smallest absolute Gasteiger partial charge is 0.200 e. The fourth-order valence-electron chi connectivity index (χ4n) is 0.821. The van der Waals surface area contributed by atoms with Crippen molar-refractivity contribution in [1.29, 1.82) is 0 Å². The predicted octanol–water partition coefficient (Wildman–Crippen LogP) is 2.21. The van der Waals surface area contributed by atoms with Gasteiger partial charge in [-0.05, 0) is 18.4 Å². The largest absolute Gasteiger partial charge is 0.349 e. The van der Waals surface area contributed by atoms with Gasteiger partial charge in [-0.1, -0.05) is 6.07 Å². The lowest BCUT2D eigenvalue weighted by Gasteiger charge is -2.24. The van der Waals surface area contributed by atoms with Crippen molar-refractivity contribution in [1.82, 2.24) is 0 Å². The number of hydrogen-bond donors (Lipinski definition) is 0. The molecule has 0 amide bonds. The lowest BCUT2D eigenvalue weighted by Crippen LogP contribution is -2.25. The highest BCUT2D eigenvalue weighted by Crippen LogP contribution is 2.28. The van der Waals surface area contributed by atoms with Crippen molar-refractivity contribution in [3.8, 4) is 0 Å². The van der Waals surface area contributed by atoms with Crippen molar-refractivity contribution in [2.45, 2.75) is 12.7 Å². The Bertz CT molecular complexity index is 202. The third-order valence-electron chi connectivity index (χ3n) is 1.75. The molecule has 0 saturated carbocycles. The van der Waals surface area contributed by atoms with Crippen LogP contribution in [0.25, 0.3) is 0 Å². The van der Waals surface area contributed by atoms with Gasteiger partial charge in [0.15, 0.2) is 0 Å². The second-order valence-electron chi connectivity index (χ2n) is 2.33. The average Bonchev–Trinajstić information content (AvgIpc) is 2.55. The maximum absolute atomic E-state index is 5.22. The molecular weight excluding hydrogens is 160 g/mol. The first-order valence-electron chi connectivity index (χ1n) is 3.37. The van der Waals surface area contributed by atoms with Crippen LogP contribution in [-0.2, 0) is 15.3 Å². The van der Waals surface area contributed by atoms with E-state index in [2.05, 4.69) is 0 Å². The summed E-state index contributed by atoms with van der Waals surface area (Å²) < 4.78 is 10.4. The lowest BCUT2D eigenvalue weighted by molar-refractivity contribution is -0.199. The topological polar surface area (TPSA) is 18.5 Å². The van der Waals surface area contributed by atoms with Crippen LogP contribution in [0.3, 0.4) is 0 Å². The van der Waals surface area contributed by atoms with Gasteiger partial charge in [-0.2, -0.15) is 0 Å². The van der Waals surface area contributed by atoms with Gasteiger partial charge >= 0.3 is 0 Å². The molecule has 0 radical (unpaired) electrons. The van der Waals surface area contributed by atoms with Gasteiger partial charge in [0.05, 0.1) is 4.88 Å². The van der Waals surface area contributed by atoms with Gasteiger partial charge in [-0.15, -0.1) is 11.3 Å². The van der Waals surface area contributed by atoms with E-state index in [1.165, 1.54) is 0 Å². The second kappa shape index (κ2) is 3.34. The molecule has 0 bridgehead atoms. The van der Waals surface area contributed by atoms with Crippen molar-refractivity contribution < 1.29 is 9.47 Å². The van der Waals surface area contributed by atoms with Gasteiger partial charge in [0, 0.05) is 14.2 Å². The van der Waals surface area contributed by atoms with Crippen LogP contribution >= 0.6 is 11.3 Å². The predicted molar refractivity (Wildman–Crippen MR) is 45.7 cm³/mol. The van der Waals surface area contributed by atoms with Crippen LogP contribution in [0.1, 0.15) is 11.8 Å². The molecule has 0 aromatic carbocycles. The fraction of sp³-hybridized carbons (Fsp3) is 0.500. The Labute approximate surface area is 70.8 Å². The maximum atomic E-state index is 5.22. The van der Waals surface area contributed by atoms with Crippen LogP contribution < -0.4 is 0 Å². The van der Waals surface area contributed by atoms with E-state index in [4.69, 9.17) is 9.47 Å². The Kier molecular flexibility index (Phi) is 2.65. The molecule has 62 valence electrons. The normalized spacial score (nSPS) is 11.9. The molecule has 0 atom stereocenters. The molecule has 3 heteroatoms. The summed E-state index contributed by atoms with van der Waals surface area (Å²) >= 11 is 1.63. The zero-order valence-corrected chi connectivity index (χ0v) is 7.77. The second-order valence-corrected chi connectivity index (χ2v) is 3.28. The first-order chi connectivity index (χ1) is 5.23. The summed E-state index contributed by atoms with van der Waals surface area (Å²) in [4.78, 5) is 1.09. The minimum Gasteiger partial charge on any atom is -0.349 e. The van der Waals surface area contributed by atoms with Crippen LogP contribution in [0, 0.1) is 0 Å². The van der Waals surface area contributed by atoms with Gasteiger partial charge in [-0.3, -0.25) is 0 Å². The summed E-state index contributed by atoms with van der Waals surface area (Å²) in [5.74, 6) is -0.575. The average molecular weight is 172 g/mol. The van der Waals surface area contributed by atoms with E-state index in [0.717, 1.165) is 4.88 Å². The molecule has 11 heavy (non-hydrogen) atoms.